The summed E-state index contributed by atoms with van der Waals surface area (Å²) >= 11 is 0. The number of rotatable bonds is 3. The summed E-state index contributed by atoms with van der Waals surface area (Å²) in [6.45, 7) is 0.380. The molecule has 22 heavy (non-hydrogen) atoms. The lowest BCUT2D eigenvalue weighted by atomic mass is 10.1. The van der Waals surface area contributed by atoms with E-state index in [2.05, 4.69) is 30.3 Å². The molecule has 0 aromatic heterocycles. The second-order valence-corrected chi connectivity index (χ2v) is 4.90. The smallest absolute Gasteiger partial charge is 0.137 e. The third-order valence-corrected chi connectivity index (χ3v) is 3.44. The zero-order valence-electron chi connectivity index (χ0n) is 11.8. The highest BCUT2D eigenvalue weighted by molar-refractivity contribution is 5.82. The van der Waals surface area contributed by atoms with Crippen LogP contribution in [0.3, 0.4) is 0 Å². The Bertz CT molecular complexity index is 917. The predicted molar refractivity (Wildman–Crippen MR) is 84.2 cm³/mol. The van der Waals surface area contributed by atoms with Crippen LogP contribution >= 0.6 is 0 Å². The van der Waals surface area contributed by atoms with Gasteiger partial charge in [-0.1, -0.05) is 36.4 Å². The summed E-state index contributed by atoms with van der Waals surface area (Å²) in [4.78, 5) is 0. The van der Waals surface area contributed by atoms with Crippen LogP contribution in [0.4, 0.5) is 0 Å². The zero-order chi connectivity index (χ0) is 15.4. The van der Waals surface area contributed by atoms with Crippen LogP contribution in [0.1, 0.15) is 16.7 Å². The second kappa shape index (κ2) is 5.99. The molecule has 3 heteroatoms. The van der Waals surface area contributed by atoms with Crippen LogP contribution in [-0.4, -0.2) is 0 Å². The van der Waals surface area contributed by atoms with Crippen LogP contribution in [0.25, 0.3) is 10.8 Å². The lowest BCUT2D eigenvalue weighted by Gasteiger charge is -2.09. The minimum absolute atomic E-state index is 0.375. The van der Waals surface area contributed by atoms with E-state index in [1.165, 1.54) is 11.5 Å². The molecule has 0 atom stereocenters. The maximum atomic E-state index is 9.14. The Morgan fingerprint density at radius 2 is 1.64 bits per heavy atom. The number of hydrogen-bond donors (Lipinski definition) is 0. The lowest BCUT2D eigenvalue weighted by molar-refractivity contribution is 0.305. The van der Waals surface area contributed by atoms with Crippen molar-refractivity contribution >= 4 is 10.8 Å². The SMILES string of the molecule is N#Cc1ccc(OCc2ccc3ccccc3c2)c(C#N)c1. The molecule has 0 unspecified atom stereocenters. The third kappa shape index (κ3) is 2.75. The largest absolute Gasteiger partial charge is 0.488 e. The van der Waals surface area contributed by atoms with Crippen molar-refractivity contribution in [1.82, 2.24) is 0 Å². The molecule has 0 saturated heterocycles. The van der Waals surface area contributed by atoms with Gasteiger partial charge in [-0.15, -0.1) is 0 Å². The lowest BCUT2D eigenvalue weighted by Crippen LogP contribution is -1.97. The first kappa shape index (κ1) is 13.7. The number of benzene rings is 3. The molecular formula is C19H12N2O. The molecular weight excluding hydrogens is 272 g/mol. The number of fused-ring (bicyclic) bond motifs is 1. The van der Waals surface area contributed by atoms with Crippen LogP contribution in [0.15, 0.2) is 60.7 Å². The van der Waals surface area contributed by atoms with Gasteiger partial charge in [-0.25, -0.2) is 0 Å². The maximum Gasteiger partial charge on any atom is 0.137 e. The van der Waals surface area contributed by atoms with Gasteiger partial charge >= 0.3 is 0 Å². The fourth-order valence-electron chi connectivity index (χ4n) is 2.30. The van der Waals surface area contributed by atoms with E-state index in [1.54, 1.807) is 12.1 Å². The quantitative estimate of drug-likeness (QED) is 0.725. The van der Waals surface area contributed by atoms with Gasteiger partial charge in [0, 0.05) is 0 Å². The third-order valence-electron chi connectivity index (χ3n) is 3.44. The Labute approximate surface area is 128 Å². The van der Waals surface area contributed by atoms with E-state index < -0.39 is 0 Å². The summed E-state index contributed by atoms with van der Waals surface area (Å²) in [5.74, 6) is 0.495. The highest BCUT2D eigenvalue weighted by Crippen LogP contribution is 2.21. The summed E-state index contributed by atoms with van der Waals surface area (Å²) < 4.78 is 5.73. The van der Waals surface area contributed by atoms with E-state index in [1.807, 2.05) is 24.3 Å². The molecule has 0 saturated carbocycles. The Kier molecular flexibility index (Phi) is 3.72. The number of hydrogen-bond acceptors (Lipinski definition) is 3. The molecule has 0 aliphatic heterocycles. The summed E-state index contributed by atoms with van der Waals surface area (Å²) in [7, 11) is 0. The first-order valence-corrected chi connectivity index (χ1v) is 6.85. The van der Waals surface area contributed by atoms with Crippen LogP contribution in [0, 0.1) is 22.7 Å². The van der Waals surface area contributed by atoms with Crippen LogP contribution in [-0.2, 0) is 6.61 Å². The van der Waals surface area contributed by atoms with Crippen molar-refractivity contribution < 1.29 is 4.74 Å². The van der Waals surface area contributed by atoms with Crippen molar-refractivity contribution in [3.8, 4) is 17.9 Å². The first-order valence-electron chi connectivity index (χ1n) is 6.85. The maximum absolute atomic E-state index is 9.14. The second-order valence-electron chi connectivity index (χ2n) is 4.90. The van der Waals surface area contributed by atoms with Crippen molar-refractivity contribution in [2.75, 3.05) is 0 Å². The molecule has 0 radical (unpaired) electrons. The highest BCUT2D eigenvalue weighted by Gasteiger charge is 2.05. The van der Waals surface area contributed by atoms with Crippen molar-refractivity contribution in [1.29, 1.82) is 10.5 Å². The van der Waals surface area contributed by atoms with Gasteiger partial charge in [-0.05, 0) is 40.6 Å². The molecule has 0 bridgehead atoms. The van der Waals surface area contributed by atoms with Crippen molar-refractivity contribution in [3.63, 3.8) is 0 Å². The van der Waals surface area contributed by atoms with E-state index in [-0.39, 0.29) is 0 Å². The standard InChI is InChI=1S/C19H12N2O/c20-11-14-6-8-19(18(9-14)12-21)22-13-15-5-7-16-3-1-2-4-17(16)10-15/h1-10H,13H2. The number of nitriles is 2. The average Bonchev–Trinajstić information content (AvgIpc) is 2.59. The summed E-state index contributed by atoms with van der Waals surface area (Å²) in [6.07, 6.45) is 0. The number of ether oxygens (including phenoxy) is 1. The molecule has 3 aromatic rings. The molecule has 0 fully saturated rings. The molecule has 0 amide bonds. The van der Waals surface area contributed by atoms with Gasteiger partial charge in [0.05, 0.1) is 17.2 Å². The van der Waals surface area contributed by atoms with Gasteiger partial charge in [0.1, 0.15) is 18.4 Å². The molecule has 3 aromatic carbocycles. The minimum Gasteiger partial charge on any atom is -0.488 e. The first-order chi connectivity index (χ1) is 10.8. The van der Waals surface area contributed by atoms with Crippen LogP contribution in [0.2, 0.25) is 0 Å². The normalized spacial score (nSPS) is 9.91. The molecule has 0 spiro atoms. The van der Waals surface area contributed by atoms with Crippen LogP contribution in [0.5, 0.6) is 5.75 Å². The summed E-state index contributed by atoms with van der Waals surface area (Å²) in [5, 5.41) is 20.3. The molecule has 0 aliphatic carbocycles. The van der Waals surface area contributed by atoms with Crippen LogP contribution < -0.4 is 4.74 Å². The fourth-order valence-corrected chi connectivity index (χ4v) is 2.30. The van der Waals surface area contributed by atoms with Crippen molar-refractivity contribution in [2.24, 2.45) is 0 Å². The summed E-state index contributed by atoms with van der Waals surface area (Å²) in [6, 6.07) is 23.2. The van der Waals surface area contributed by atoms with Gasteiger partial charge < -0.3 is 4.74 Å². The van der Waals surface area contributed by atoms with E-state index >= 15 is 0 Å². The van der Waals surface area contributed by atoms with Gasteiger partial charge in [0.25, 0.3) is 0 Å². The fraction of sp³-hybridized carbons (Fsp3) is 0.0526. The topological polar surface area (TPSA) is 56.8 Å². The molecule has 0 N–H and O–H groups in total. The Balaban J connectivity index is 1.82. The Morgan fingerprint density at radius 3 is 2.41 bits per heavy atom. The average molecular weight is 284 g/mol. The molecule has 0 heterocycles. The van der Waals surface area contributed by atoms with Crippen molar-refractivity contribution in [3.05, 3.63) is 77.4 Å². The Hall–Kier alpha value is -3.30. The highest BCUT2D eigenvalue weighted by atomic mass is 16.5. The summed E-state index contributed by atoms with van der Waals surface area (Å²) in [5.41, 5.74) is 1.86. The molecule has 3 nitrogen and oxygen atoms in total. The predicted octanol–water partition coefficient (Wildman–Crippen LogP) is 4.16. The van der Waals surface area contributed by atoms with Gasteiger partial charge in [0.2, 0.25) is 0 Å². The van der Waals surface area contributed by atoms with E-state index in [0.29, 0.717) is 23.5 Å². The molecule has 104 valence electrons. The molecule has 3 rings (SSSR count). The van der Waals surface area contributed by atoms with Gasteiger partial charge in [-0.2, -0.15) is 10.5 Å². The zero-order valence-corrected chi connectivity index (χ0v) is 11.8. The monoisotopic (exact) mass is 284 g/mol. The Morgan fingerprint density at radius 1 is 0.818 bits per heavy atom. The van der Waals surface area contributed by atoms with E-state index in [0.717, 1.165) is 10.9 Å². The van der Waals surface area contributed by atoms with Gasteiger partial charge in [0.15, 0.2) is 0 Å². The molecule has 0 aliphatic rings. The van der Waals surface area contributed by atoms with E-state index in [9.17, 15) is 0 Å². The van der Waals surface area contributed by atoms with E-state index in [4.69, 9.17) is 15.3 Å². The number of nitrogens with zero attached hydrogens (tertiary/aromatic N) is 2. The minimum atomic E-state index is 0.375. The van der Waals surface area contributed by atoms with Gasteiger partial charge in [-0.3, -0.25) is 0 Å². The van der Waals surface area contributed by atoms with Crippen molar-refractivity contribution in [2.45, 2.75) is 6.61 Å².